The number of fused-ring (bicyclic) bond motifs is 2. The Morgan fingerprint density at radius 3 is 2.82 bits per heavy atom. The number of piperidine rings is 1. The Kier molecular flexibility index (Phi) is 3.40. The van der Waals surface area contributed by atoms with Gasteiger partial charge in [0, 0.05) is 24.0 Å². The zero-order valence-electron chi connectivity index (χ0n) is 12.6. The minimum Gasteiger partial charge on any atom is -0.351 e. The molecule has 4 heteroatoms. The Balaban J connectivity index is 1.55. The summed E-state index contributed by atoms with van der Waals surface area (Å²) in [6, 6.07) is 6.35. The van der Waals surface area contributed by atoms with Crippen molar-refractivity contribution in [2.75, 3.05) is 13.1 Å². The van der Waals surface area contributed by atoms with Gasteiger partial charge in [-0.05, 0) is 48.9 Å². The first kappa shape index (κ1) is 13.8. The van der Waals surface area contributed by atoms with Crippen LogP contribution in [0.2, 0.25) is 0 Å². The second-order valence-corrected chi connectivity index (χ2v) is 6.76. The topological polar surface area (TPSA) is 36.1 Å². The number of nitrogens with zero attached hydrogens (tertiary/aromatic N) is 1. The van der Waals surface area contributed by atoms with Crippen LogP contribution >= 0.6 is 0 Å². The van der Waals surface area contributed by atoms with Crippen molar-refractivity contribution in [2.45, 2.75) is 32.1 Å². The number of halogens is 1. The molecule has 1 saturated carbocycles. The number of carbonyl (C=O) groups is 1. The standard InChI is InChI=1S/C18H21FN2O/c19-15-5-6-16-14(9-15)10-17(20-16)18(22)21-8-7-12-3-1-2-4-13(12)11-21/h5-6,9-10,12-13,20H,1-4,7-8,11H2. The molecular weight excluding hydrogens is 279 g/mol. The number of likely N-dealkylation sites (tertiary alicyclic amines) is 1. The van der Waals surface area contributed by atoms with Crippen LogP contribution in [0.3, 0.4) is 0 Å². The van der Waals surface area contributed by atoms with Crippen molar-refractivity contribution in [1.82, 2.24) is 9.88 Å². The highest BCUT2D eigenvalue weighted by atomic mass is 19.1. The summed E-state index contributed by atoms with van der Waals surface area (Å²) >= 11 is 0. The predicted octanol–water partition coefficient (Wildman–Crippen LogP) is 3.96. The Morgan fingerprint density at radius 1 is 1.14 bits per heavy atom. The van der Waals surface area contributed by atoms with E-state index in [0.717, 1.165) is 36.3 Å². The molecule has 4 rings (SSSR count). The van der Waals surface area contributed by atoms with Gasteiger partial charge in [-0.15, -0.1) is 0 Å². The molecule has 1 aliphatic heterocycles. The third-order valence-electron chi connectivity index (χ3n) is 5.39. The Bertz CT molecular complexity index is 708. The second kappa shape index (κ2) is 5.41. The molecule has 2 heterocycles. The maximum atomic E-state index is 13.3. The molecule has 2 fully saturated rings. The Hall–Kier alpha value is -1.84. The molecule has 0 radical (unpaired) electrons. The van der Waals surface area contributed by atoms with Crippen LogP contribution in [0, 0.1) is 17.7 Å². The zero-order chi connectivity index (χ0) is 15.1. The highest BCUT2D eigenvalue weighted by Crippen LogP contribution is 2.36. The summed E-state index contributed by atoms with van der Waals surface area (Å²) in [5, 5.41) is 0.760. The van der Waals surface area contributed by atoms with E-state index in [1.165, 1.54) is 37.8 Å². The number of aromatic nitrogens is 1. The number of hydrogen-bond donors (Lipinski definition) is 1. The predicted molar refractivity (Wildman–Crippen MR) is 84.2 cm³/mol. The van der Waals surface area contributed by atoms with E-state index in [4.69, 9.17) is 0 Å². The molecule has 0 spiro atoms. The van der Waals surface area contributed by atoms with Crippen molar-refractivity contribution in [3.63, 3.8) is 0 Å². The van der Waals surface area contributed by atoms with Crippen LogP contribution in [0.25, 0.3) is 10.9 Å². The minimum absolute atomic E-state index is 0.0561. The van der Waals surface area contributed by atoms with Gasteiger partial charge in [0.1, 0.15) is 11.5 Å². The van der Waals surface area contributed by atoms with Crippen LogP contribution in [0.1, 0.15) is 42.6 Å². The van der Waals surface area contributed by atoms with E-state index in [-0.39, 0.29) is 11.7 Å². The van der Waals surface area contributed by atoms with Gasteiger partial charge in [0.25, 0.3) is 5.91 Å². The van der Waals surface area contributed by atoms with Gasteiger partial charge in [0.2, 0.25) is 0 Å². The fourth-order valence-corrected chi connectivity index (χ4v) is 4.17. The molecule has 2 aromatic rings. The van der Waals surface area contributed by atoms with Crippen LogP contribution < -0.4 is 0 Å². The summed E-state index contributed by atoms with van der Waals surface area (Å²) in [6.07, 6.45) is 6.37. The summed E-state index contributed by atoms with van der Waals surface area (Å²) in [5.74, 6) is 1.28. The molecule has 0 bridgehead atoms. The molecule has 2 aliphatic rings. The molecule has 1 amide bonds. The molecule has 1 aliphatic carbocycles. The van der Waals surface area contributed by atoms with Crippen LogP contribution in [0.4, 0.5) is 4.39 Å². The van der Waals surface area contributed by atoms with Gasteiger partial charge in [-0.2, -0.15) is 0 Å². The van der Waals surface area contributed by atoms with Gasteiger partial charge in [0.05, 0.1) is 0 Å². The van der Waals surface area contributed by atoms with Gasteiger partial charge in [-0.25, -0.2) is 4.39 Å². The van der Waals surface area contributed by atoms with Crippen molar-refractivity contribution in [3.05, 3.63) is 35.8 Å². The van der Waals surface area contributed by atoms with Crippen LogP contribution in [0.15, 0.2) is 24.3 Å². The van der Waals surface area contributed by atoms with Gasteiger partial charge in [-0.3, -0.25) is 4.79 Å². The van der Waals surface area contributed by atoms with E-state index in [1.807, 2.05) is 4.90 Å². The Morgan fingerprint density at radius 2 is 1.95 bits per heavy atom. The van der Waals surface area contributed by atoms with Gasteiger partial charge >= 0.3 is 0 Å². The minimum atomic E-state index is -0.270. The van der Waals surface area contributed by atoms with Crippen molar-refractivity contribution >= 4 is 16.8 Å². The molecule has 1 aromatic carbocycles. The lowest BCUT2D eigenvalue weighted by Gasteiger charge is -2.41. The van der Waals surface area contributed by atoms with E-state index >= 15 is 0 Å². The average Bonchev–Trinajstić information content (AvgIpc) is 2.96. The first-order valence-electron chi connectivity index (χ1n) is 8.28. The Labute approximate surface area is 129 Å². The van der Waals surface area contributed by atoms with Crippen molar-refractivity contribution in [2.24, 2.45) is 11.8 Å². The molecule has 2 atom stereocenters. The number of nitrogens with one attached hydrogen (secondary N) is 1. The van der Waals surface area contributed by atoms with E-state index < -0.39 is 0 Å². The third-order valence-corrected chi connectivity index (χ3v) is 5.39. The first-order chi connectivity index (χ1) is 10.7. The molecule has 116 valence electrons. The average molecular weight is 300 g/mol. The molecule has 1 saturated heterocycles. The summed E-state index contributed by atoms with van der Waals surface area (Å²) in [6.45, 7) is 1.73. The quantitative estimate of drug-likeness (QED) is 0.850. The zero-order valence-corrected chi connectivity index (χ0v) is 12.6. The molecule has 2 unspecified atom stereocenters. The number of H-pyrrole nitrogens is 1. The highest BCUT2D eigenvalue weighted by Gasteiger charge is 2.33. The smallest absolute Gasteiger partial charge is 0.270 e. The van der Waals surface area contributed by atoms with E-state index in [1.54, 1.807) is 12.1 Å². The lowest BCUT2D eigenvalue weighted by atomic mass is 9.75. The maximum absolute atomic E-state index is 13.3. The van der Waals surface area contributed by atoms with Crippen LogP contribution in [0.5, 0.6) is 0 Å². The van der Waals surface area contributed by atoms with Crippen molar-refractivity contribution in [1.29, 1.82) is 0 Å². The number of rotatable bonds is 1. The van der Waals surface area contributed by atoms with Crippen LogP contribution in [-0.4, -0.2) is 28.9 Å². The third kappa shape index (κ3) is 2.40. The molecular formula is C18H21FN2O. The normalized spacial score (nSPS) is 25.2. The second-order valence-electron chi connectivity index (χ2n) is 6.76. The SMILES string of the molecule is O=C(c1cc2cc(F)ccc2[nH]1)N1CCC2CCCCC2C1. The summed E-state index contributed by atoms with van der Waals surface area (Å²) < 4.78 is 13.3. The molecule has 3 nitrogen and oxygen atoms in total. The monoisotopic (exact) mass is 300 g/mol. The van der Waals surface area contributed by atoms with E-state index in [0.29, 0.717) is 11.6 Å². The number of aromatic amines is 1. The lowest BCUT2D eigenvalue weighted by molar-refractivity contribution is 0.0516. The van der Waals surface area contributed by atoms with Gasteiger partial charge in [0.15, 0.2) is 0 Å². The van der Waals surface area contributed by atoms with E-state index in [9.17, 15) is 9.18 Å². The van der Waals surface area contributed by atoms with Crippen LogP contribution in [-0.2, 0) is 0 Å². The first-order valence-corrected chi connectivity index (χ1v) is 8.28. The molecule has 1 aromatic heterocycles. The lowest BCUT2D eigenvalue weighted by Crippen LogP contribution is -2.44. The fraction of sp³-hybridized carbons (Fsp3) is 0.500. The summed E-state index contributed by atoms with van der Waals surface area (Å²) in [5.41, 5.74) is 1.40. The largest absolute Gasteiger partial charge is 0.351 e. The summed E-state index contributed by atoms with van der Waals surface area (Å²) in [4.78, 5) is 17.8. The molecule has 1 N–H and O–H groups in total. The number of benzene rings is 1. The maximum Gasteiger partial charge on any atom is 0.270 e. The van der Waals surface area contributed by atoms with Gasteiger partial charge in [-0.1, -0.05) is 19.3 Å². The highest BCUT2D eigenvalue weighted by molar-refractivity contribution is 5.98. The van der Waals surface area contributed by atoms with E-state index in [2.05, 4.69) is 4.98 Å². The van der Waals surface area contributed by atoms with Crippen molar-refractivity contribution < 1.29 is 9.18 Å². The molecule has 22 heavy (non-hydrogen) atoms. The van der Waals surface area contributed by atoms with Crippen molar-refractivity contribution in [3.8, 4) is 0 Å². The number of amides is 1. The fourth-order valence-electron chi connectivity index (χ4n) is 4.17. The number of hydrogen-bond acceptors (Lipinski definition) is 1. The summed E-state index contributed by atoms with van der Waals surface area (Å²) in [7, 11) is 0. The van der Waals surface area contributed by atoms with Gasteiger partial charge < -0.3 is 9.88 Å². The number of carbonyl (C=O) groups excluding carboxylic acids is 1.